The fourth-order valence-corrected chi connectivity index (χ4v) is 3.01. The summed E-state index contributed by atoms with van der Waals surface area (Å²) in [5.41, 5.74) is 0.562. The number of hydrogen-bond acceptors (Lipinski definition) is 6. The summed E-state index contributed by atoms with van der Waals surface area (Å²) in [7, 11) is 0. The molecule has 8 heteroatoms. The summed E-state index contributed by atoms with van der Waals surface area (Å²) in [6.45, 7) is 3.30. The molecule has 1 aliphatic heterocycles. The van der Waals surface area contributed by atoms with Gasteiger partial charge >= 0.3 is 5.97 Å². The highest BCUT2D eigenvalue weighted by molar-refractivity contribution is 6.19. The van der Waals surface area contributed by atoms with Crippen LogP contribution in [0, 0.1) is 11.3 Å². The molecule has 2 aromatic rings. The summed E-state index contributed by atoms with van der Waals surface area (Å²) in [5, 5.41) is 28.1. The third-order valence-corrected chi connectivity index (χ3v) is 4.57. The van der Waals surface area contributed by atoms with Crippen LogP contribution in [0.15, 0.2) is 51.5 Å². The van der Waals surface area contributed by atoms with Crippen LogP contribution in [0.25, 0.3) is 17.4 Å². The molecule has 2 heterocycles. The number of carbonyl (C=O) groups is 3. The van der Waals surface area contributed by atoms with E-state index in [4.69, 9.17) is 9.52 Å². The zero-order valence-corrected chi connectivity index (χ0v) is 15.6. The van der Waals surface area contributed by atoms with Gasteiger partial charge < -0.3 is 14.6 Å². The third-order valence-electron chi connectivity index (χ3n) is 4.57. The summed E-state index contributed by atoms with van der Waals surface area (Å²) >= 11 is 0. The van der Waals surface area contributed by atoms with E-state index in [1.807, 2.05) is 6.07 Å². The van der Waals surface area contributed by atoms with Crippen molar-refractivity contribution in [1.29, 1.82) is 5.26 Å². The van der Waals surface area contributed by atoms with Crippen LogP contribution in [0.3, 0.4) is 0 Å². The van der Waals surface area contributed by atoms with Gasteiger partial charge in [-0.3, -0.25) is 14.5 Å². The van der Waals surface area contributed by atoms with Gasteiger partial charge in [0.2, 0.25) is 0 Å². The van der Waals surface area contributed by atoms with E-state index in [0.717, 1.165) is 4.90 Å². The molecule has 0 saturated heterocycles. The number of aromatic carboxylic acids is 1. The van der Waals surface area contributed by atoms with E-state index in [2.05, 4.69) is 0 Å². The van der Waals surface area contributed by atoms with E-state index in [1.165, 1.54) is 31.2 Å². The minimum atomic E-state index is -1.25. The first-order valence-corrected chi connectivity index (χ1v) is 8.64. The maximum absolute atomic E-state index is 12.6. The molecule has 146 valence electrons. The van der Waals surface area contributed by atoms with Gasteiger partial charge in [-0.1, -0.05) is 6.07 Å². The molecule has 0 atom stereocenters. The number of amides is 2. The fourth-order valence-electron chi connectivity index (χ4n) is 3.01. The van der Waals surface area contributed by atoms with E-state index in [9.17, 15) is 24.8 Å². The zero-order valence-electron chi connectivity index (χ0n) is 15.6. The van der Waals surface area contributed by atoms with Gasteiger partial charge in [-0.2, -0.15) is 5.26 Å². The van der Waals surface area contributed by atoms with Gasteiger partial charge in [-0.25, -0.2) is 4.79 Å². The van der Waals surface area contributed by atoms with Crippen molar-refractivity contribution in [3.63, 3.8) is 0 Å². The second-order valence-electron chi connectivity index (χ2n) is 6.26. The maximum atomic E-state index is 12.6. The number of carboxylic acids is 1. The van der Waals surface area contributed by atoms with Crippen LogP contribution in [-0.4, -0.2) is 39.4 Å². The van der Waals surface area contributed by atoms with E-state index in [1.54, 1.807) is 19.1 Å². The monoisotopic (exact) mass is 392 g/mol. The molecule has 2 N–H and O–H groups in total. The van der Waals surface area contributed by atoms with Gasteiger partial charge in [0.25, 0.3) is 11.8 Å². The standard InChI is InChI=1S/C21H16N2O6/c1-3-23-19(25)15(11(2)16(10-22)20(23)26)9-13-5-7-18(29-13)12-4-6-14(21(27)28)17(24)8-12/h4-9,24H,3H2,1-2H3,(H,27,28)/b15-9-. The number of aromatic hydroxyl groups is 1. The van der Waals surface area contributed by atoms with E-state index in [0.29, 0.717) is 17.1 Å². The number of rotatable bonds is 4. The maximum Gasteiger partial charge on any atom is 0.339 e. The Morgan fingerprint density at radius 1 is 1.24 bits per heavy atom. The number of phenols is 1. The van der Waals surface area contributed by atoms with Crippen LogP contribution in [0.1, 0.15) is 30.0 Å². The highest BCUT2D eigenvalue weighted by Gasteiger charge is 2.34. The summed E-state index contributed by atoms with van der Waals surface area (Å²) in [4.78, 5) is 36.8. The molecule has 3 rings (SSSR count). The molecule has 0 unspecified atom stereocenters. The van der Waals surface area contributed by atoms with Gasteiger partial charge in [0.1, 0.15) is 34.5 Å². The molecule has 0 aliphatic carbocycles. The molecule has 1 aromatic heterocycles. The van der Waals surface area contributed by atoms with Crippen molar-refractivity contribution >= 4 is 23.9 Å². The van der Waals surface area contributed by atoms with Crippen molar-refractivity contribution in [3.05, 3.63) is 58.4 Å². The number of furan rings is 1. The Morgan fingerprint density at radius 2 is 1.97 bits per heavy atom. The average Bonchev–Trinajstić information content (AvgIpc) is 3.14. The average molecular weight is 392 g/mol. The van der Waals surface area contributed by atoms with Crippen LogP contribution < -0.4 is 0 Å². The van der Waals surface area contributed by atoms with Gasteiger partial charge in [-0.15, -0.1) is 0 Å². The summed E-state index contributed by atoms with van der Waals surface area (Å²) in [6.07, 6.45) is 1.44. The van der Waals surface area contributed by atoms with E-state index >= 15 is 0 Å². The Balaban J connectivity index is 2.01. The second-order valence-corrected chi connectivity index (χ2v) is 6.26. The molecular formula is C21H16N2O6. The lowest BCUT2D eigenvalue weighted by atomic mass is 9.95. The van der Waals surface area contributed by atoms with Crippen LogP contribution in [0.2, 0.25) is 0 Å². The predicted molar refractivity (Wildman–Crippen MR) is 101 cm³/mol. The molecule has 0 bridgehead atoms. The molecule has 0 radical (unpaired) electrons. The van der Waals surface area contributed by atoms with Crippen molar-refractivity contribution in [2.75, 3.05) is 6.54 Å². The van der Waals surface area contributed by atoms with Crippen LogP contribution in [0.5, 0.6) is 5.75 Å². The third kappa shape index (κ3) is 3.41. The Morgan fingerprint density at radius 3 is 2.55 bits per heavy atom. The molecule has 0 saturated carbocycles. The van der Waals surface area contributed by atoms with Gasteiger partial charge in [0.05, 0.1) is 0 Å². The fraction of sp³-hybridized carbons (Fsp3) is 0.143. The number of imide groups is 1. The highest BCUT2D eigenvalue weighted by Crippen LogP contribution is 2.31. The number of nitriles is 1. The largest absolute Gasteiger partial charge is 0.507 e. The lowest BCUT2D eigenvalue weighted by molar-refractivity contribution is -0.140. The number of nitrogens with zero attached hydrogens (tertiary/aromatic N) is 2. The van der Waals surface area contributed by atoms with Crippen LogP contribution in [-0.2, 0) is 9.59 Å². The first-order valence-electron chi connectivity index (χ1n) is 8.64. The summed E-state index contributed by atoms with van der Waals surface area (Å²) in [5.74, 6) is -2.15. The molecule has 1 aliphatic rings. The topological polar surface area (TPSA) is 132 Å². The number of carboxylic acid groups (broad SMARTS) is 1. The quantitative estimate of drug-likeness (QED) is 0.604. The van der Waals surface area contributed by atoms with Gasteiger partial charge in [0, 0.05) is 17.7 Å². The molecule has 0 spiro atoms. The Bertz CT molecular complexity index is 1150. The first kappa shape index (κ1) is 19.6. The predicted octanol–water partition coefficient (Wildman–Crippen LogP) is 2.96. The lowest BCUT2D eigenvalue weighted by Crippen LogP contribution is -2.42. The van der Waals surface area contributed by atoms with Crippen molar-refractivity contribution in [1.82, 2.24) is 4.90 Å². The molecule has 2 amide bonds. The lowest BCUT2D eigenvalue weighted by Gasteiger charge is -2.25. The summed E-state index contributed by atoms with van der Waals surface area (Å²) < 4.78 is 5.69. The van der Waals surface area contributed by atoms with Crippen LogP contribution in [0.4, 0.5) is 0 Å². The Kier molecular flexibility index (Phi) is 5.07. The van der Waals surface area contributed by atoms with Crippen molar-refractivity contribution < 1.29 is 29.0 Å². The van der Waals surface area contributed by atoms with Gasteiger partial charge in [-0.05, 0) is 49.8 Å². The minimum absolute atomic E-state index is 0.0985. The van der Waals surface area contributed by atoms with E-state index < -0.39 is 23.5 Å². The smallest absolute Gasteiger partial charge is 0.339 e. The minimum Gasteiger partial charge on any atom is -0.507 e. The molecule has 29 heavy (non-hydrogen) atoms. The normalized spacial score (nSPS) is 15.8. The molecule has 1 aromatic carbocycles. The molecular weight excluding hydrogens is 376 g/mol. The number of carbonyl (C=O) groups excluding carboxylic acids is 2. The Hall–Kier alpha value is -4.12. The zero-order chi connectivity index (χ0) is 21.3. The molecule has 8 nitrogen and oxygen atoms in total. The van der Waals surface area contributed by atoms with Crippen molar-refractivity contribution in [2.45, 2.75) is 13.8 Å². The summed E-state index contributed by atoms with van der Waals surface area (Å²) in [6, 6.07) is 9.04. The number of likely N-dealkylation sites (N-methyl/N-ethyl adjacent to an activating group) is 1. The number of benzene rings is 1. The molecule has 0 fully saturated rings. The van der Waals surface area contributed by atoms with Crippen molar-refractivity contribution in [3.8, 4) is 23.1 Å². The number of hydrogen-bond donors (Lipinski definition) is 2. The van der Waals surface area contributed by atoms with Gasteiger partial charge in [0.15, 0.2) is 0 Å². The van der Waals surface area contributed by atoms with Crippen LogP contribution >= 0.6 is 0 Å². The van der Waals surface area contributed by atoms with Crippen molar-refractivity contribution in [2.24, 2.45) is 0 Å². The second kappa shape index (κ2) is 7.48. The SMILES string of the molecule is CCN1C(=O)C(C#N)=C(C)/C(=C/c2ccc(-c3ccc(C(=O)O)c(O)c3)o2)C1=O. The first-order chi connectivity index (χ1) is 13.8. The Labute approximate surface area is 165 Å². The highest BCUT2D eigenvalue weighted by atomic mass is 16.4. The van der Waals surface area contributed by atoms with E-state index in [-0.39, 0.29) is 28.8 Å².